The van der Waals surface area contributed by atoms with Gasteiger partial charge in [0.25, 0.3) is 0 Å². The highest BCUT2D eigenvalue weighted by atomic mass is 16.7. The summed E-state index contributed by atoms with van der Waals surface area (Å²) in [6.45, 7) is -3.72. The van der Waals surface area contributed by atoms with Crippen LogP contribution in [0.2, 0.25) is 0 Å². The zero-order valence-electron chi connectivity index (χ0n) is 59.6. The molecule has 0 aromatic heterocycles. The van der Waals surface area contributed by atoms with Crippen molar-refractivity contribution in [1.29, 1.82) is 0 Å². The van der Waals surface area contributed by atoms with Gasteiger partial charge < -0.3 is 190 Å². The number of hydrogen-bond acceptors (Lipinski definition) is 47. The third kappa shape index (κ3) is 11.8. The van der Waals surface area contributed by atoms with Crippen LogP contribution in [0.15, 0.2) is 48.5 Å². The second-order valence-corrected chi connectivity index (χ2v) is 27.3. The molecule has 0 saturated carbocycles. The summed E-state index contributed by atoms with van der Waals surface area (Å²) >= 11 is 0. The Morgan fingerprint density at radius 1 is 0.262 bits per heavy atom. The first-order valence-electron chi connectivity index (χ1n) is 34.1. The van der Waals surface area contributed by atoms with Crippen LogP contribution in [0, 0.1) is 0 Å². The predicted octanol–water partition coefficient (Wildman–Crippen LogP) is 2.41. The van der Waals surface area contributed by atoms with Crippen molar-refractivity contribution in [3.05, 3.63) is 110 Å². The first-order valence-corrected chi connectivity index (χ1v) is 34.1. The molecule has 2 bridgehead atoms. The smallest absolute Gasteiger partial charge is 0.339 e. The van der Waals surface area contributed by atoms with Crippen molar-refractivity contribution in [3.63, 3.8) is 0 Å². The molecule has 6 aliphatic rings. The molecule has 1 saturated heterocycles. The van der Waals surface area contributed by atoms with Gasteiger partial charge in [0.1, 0.15) is 19.3 Å². The van der Waals surface area contributed by atoms with Gasteiger partial charge in [0.05, 0.1) is 56.0 Å². The van der Waals surface area contributed by atoms with E-state index in [0.717, 1.165) is 0 Å². The quantitative estimate of drug-likeness (QED) is 0.0683. The maximum absolute atomic E-state index is 16.3. The topological polar surface area (TPSA) is 812 Å². The number of ether oxygens (including phenoxy) is 10. The molecule has 10 atom stereocenters. The average Bonchev–Trinajstić information content (AvgIpc) is 0.719. The Balaban J connectivity index is 1.01. The van der Waals surface area contributed by atoms with E-state index in [-0.39, 0.29) is 30.3 Å². The van der Waals surface area contributed by atoms with E-state index in [1.54, 1.807) is 0 Å². The van der Waals surface area contributed by atoms with Crippen LogP contribution in [0.4, 0.5) is 0 Å². The lowest BCUT2D eigenvalue weighted by Gasteiger charge is -2.43. The second-order valence-electron chi connectivity index (χ2n) is 27.3. The summed E-state index contributed by atoms with van der Waals surface area (Å²) in [5.74, 6) is -68.8. The number of rotatable bonds is 4. The lowest BCUT2D eigenvalue weighted by Crippen LogP contribution is -2.62. The molecular formula is C75H50O47. The summed E-state index contributed by atoms with van der Waals surface area (Å²) in [5, 5.41) is 321. The molecule has 0 amide bonds. The first kappa shape index (κ1) is 79.9. The van der Waals surface area contributed by atoms with Gasteiger partial charge in [-0.2, -0.15) is 0 Å². The van der Waals surface area contributed by atoms with Gasteiger partial charge in [-0.25, -0.2) is 43.2 Å². The highest BCUT2D eigenvalue weighted by Gasteiger charge is 2.59. The fourth-order valence-corrected chi connectivity index (χ4v) is 14.9. The molecule has 0 spiro atoms. The second kappa shape index (κ2) is 28.0. The van der Waals surface area contributed by atoms with Crippen molar-refractivity contribution in [2.45, 2.75) is 61.0 Å². The molecule has 122 heavy (non-hydrogen) atoms. The van der Waals surface area contributed by atoms with Gasteiger partial charge in [0, 0.05) is 55.6 Å². The number of carbonyl (C=O) groups excluding carboxylic acids is 9. The summed E-state index contributed by atoms with van der Waals surface area (Å²) in [6.07, 6.45) is -27.4. The minimum atomic E-state index is -3.54. The molecule has 47 heteroatoms. The van der Waals surface area contributed by atoms with E-state index in [1.165, 1.54) is 0 Å². The molecule has 1 fully saturated rings. The molecule has 6 aliphatic heterocycles. The SMILES string of the molecule is O=C(OC1COC(=O)c2cc(O)c(O)c(O)c2-c2c(cc(O)c(O)c2O)C(=O)OC1C1OC(=O)c2cc(O)c(O)c(O)c2-c2c(O)c(O)c(O)c3c2C(=O)OC1C3c1c(O)c(O)c(O)c2c1C(=O)OCC1OC(O)C3OC(=O)c4cc(O)c(O)c(O)c4-c4c(cc(O)c(O)c4O)C(=O)OC3C1OC(=O)c1cc(O)c(O)c(O)c1-2)c1cc(O)c(O)c(O)c1. The van der Waals surface area contributed by atoms with E-state index in [0.29, 0.717) is 18.2 Å². The van der Waals surface area contributed by atoms with Crippen LogP contribution >= 0.6 is 0 Å². The molecule has 28 N–H and O–H groups in total. The summed E-state index contributed by atoms with van der Waals surface area (Å²) in [4.78, 5) is 138. The number of aromatic hydroxyl groups is 27. The van der Waals surface area contributed by atoms with Crippen LogP contribution in [-0.4, -0.2) is 265 Å². The van der Waals surface area contributed by atoms with Crippen molar-refractivity contribution in [3.8, 4) is 200 Å². The molecule has 9 aromatic rings. The average molecular weight is 1700 g/mol. The summed E-state index contributed by atoms with van der Waals surface area (Å²) in [6, 6.07) is 1.86. The van der Waals surface area contributed by atoms with Gasteiger partial charge in [-0.3, -0.25) is 0 Å². The van der Waals surface area contributed by atoms with Crippen LogP contribution in [0.3, 0.4) is 0 Å². The lowest BCUT2D eigenvalue weighted by molar-refractivity contribution is -0.284. The minimum absolute atomic E-state index is 0.0835. The van der Waals surface area contributed by atoms with Gasteiger partial charge in [-0.15, -0.1) is 0 Å². The zero-order chi connectivity index (χ0) is 88.7. The van der Waals surface area contributed by atoms with Gasteiger partial charge in [0.15, 0.2) is 158 Å². The fraction of sp³-hybridized carbons (Fsp3) is 0.160. The lowest BCUT2D eigenvalue weighted by atomic mass is 9.72. The van der Waals surface area contributed by atoms with Crippen molar-refractivity contribution in [2.75, 3.05) is 13.2 Å². The standard InChI is InChI=1S/C75H50O47/c76-18-1-11(2-19(77)41(18)84)66(103)115-26-9-113-67(104)12-3-20(78)42(85)48(91)28(12)29-13(4-21(79)43(86)49(29)92)68(105)117-60(26)63-62-38(37-40(74(111)119-62)35(55(98)59(102)57(37)100)33-17(71(108)120-63)8-25(83)47(90)53(33)96)36-39-34(54(97)58(101)56(36)99)32-16(7-24(82)46(89)52(32)95)69(106)118-61-27(10-114-73(39)110)116-75(112)65-64(61)121-70(107)14-5-22(80)44(87)50(93)30(14)31-15(72(109)122-65)6-23(81)45(88)51(31)94/h1-8,26-27,38,60-65,75-102,112H,9-10H2. The number of hydrogen-bond donors (Lipinski definition) is 28. The maximum Gasteiger partial charge on any atom is 0.339 e. The highest BCUT2D eigenvalue weighted by Crippen LogP contribution is 2.65. The van der Waals surface area contributed by atoms with Crippen molar-refractivity contribution in [1.82, 2.24) is 0 Å². The van der Waals surface area contributed by atoms with Gasteiger partial charge in [-0.05, 0) is 48.5 Å². The van der Waals surface area contributed by atoms with E-state index in [9.17, 15) is 162 Å². The van der Waals surface area contributed by atoms with Crippen molar-refractivity contribution >= 4 is 53.7 Å². The largest absolute Gasteiger partial charge is 0.504 e. The fourth-order valence-electron chi connectivity index (χ4n) is 14.9. The molecule has 10 unspecified atom stereocenters. The Kier molecular flexibility index (Phi) is 18.3. The van der Waals surface area contributed by atoms with Crippen LogP contribution in [0.1, 0.15) is 110 Å². The number of fused-ring (bicyclic) bond motifs is 16. The summed E-state index contributed by atoms with van der Waals surface area (Å²) < 4.78 is 57.6. The van der Waals surface area contributed by atoms with Crippen molar-refractivity contribution in [2.24, 2.45) is 0 Å². The normalized spacial score (nSPS) is 21.0. The Morgan fingerprint density at radius 3 is 0.910 bits per heavy atom. The van der Waals surface area contributed by atoms with E-state index in [1.807, 2.05) is 0 Å². The molecule has 632 valence electrons. The molecule has 9 aromatic carbocycles. The molecule has 15 rings (SSSR count). The minimum Gasteiger partial charge on any atom is -0.504 e. The molecule has 0 aliphatic carbocycles. The van der Waals surface area contributed by atoms with E-state index < -0.39 is 389 Å². The Hall–Kier alpha value is -17.3. The number of aliphatic hydroxyl groups is 1. The molecule has 6 heterocycles. The monoisotopic (exact) mass is 1700 g/mol. The number of esters is 9. The Morgan fingerprint density at radius 2 is 0.541 bits per heavy atom. The number of benzene rings is 9. The Labute approximate surface area is 668 Å². The number of cyclic esters (lactones) is 4. The third-order valence-corrected chi connectivity index (χ3v) is 20.5. The van der Waals surface area contributed by atoms with E-state index >= 15 is 24.0 Å². The maximum atomic E-state index is 16.3. The molecular weight excluding hydrogens is 1650 g/mol. The van der Waals surface area contributed by atoms with Gasteiger partial charge in [-0.1, -0.05) is 0 Å². The number of carbonyl (C=O) groups is 9. The van der Waals surface area contributed by atoms with Gasteiger partial charge in [0.2, 0.25) is 46.0 Å². The van der Waals surface area contributed by atoms with E-state index in [4.69, 9.17) is 47.4 Å². The van der Waals surface area contributed by atoms with Crippen LogP contribution in [-0.2, 0) is 47.4 Å². The third-order valence-electron chi connectivity index (χ3n) is 20.5. The van der Waals surface area contributed by atoms with Crippen LogP contribution in [0.25, 0.3) is 44.5 Å². The van der Waals surface area contributed by atoms with Gasteiger partial charge >= 0.3 is 53.7 Å². The molecule has 47 nitrogen and oxygen atoms in total. The predicted molar refractivity (Wildman–Crippen MR) is 377 cm³/mol. The van der Waals surface area contributed by atoms with Crippen molar-refractivity contribution < 1.29 is 234 Å². The Bertz CT molecular complexity index is 6290. The number of phenolic OH excluding ortho intramolecular Hbond substituents is 27. The van der Waals surface area contributed by atoms with E-state index in [2.05, 4.69) is 0 Å². The summed E-state index contributed by atoms with van der Waals surface area (Å²) in [7, 11) is 0. The number of phenols is 27. The number of aliphatic hydroxyl groups excluding tert-OH is 1. The summed E-state index contributed by atoms with van der Waals surface area (Å²) in [5.41, 5.74) is -28.8. The van der Waals surface area contributed by atoms with Crippen LogP contribution < -0.4 is 0 Å². The zero-order valence-corrected chi connectivity index (χ0v) is 59.6. The molecule has 0 radical (unpaired) electrons. The van der Waals surface area contributed by atoms with Crippen LogP contribution in [0.5, 0.6) is 155 Å². The highest BCUT2D eigenvalue weighted by molar-refractivity contribution is 6.15. The first-order chi connectivity index (χ1) is 57.4.